The smallest absolute Gasteiger partial charge is 0.253 e. The highest BCUT2D eigenvalue weighted by Gasteiger charge is 2.30. The number of benzene rings is 1. The first-order valence-corrected chi connectivity index (χ1v) is 11.9. The van der Waals surface area contributed by atoms with Gasteiger partial charge in [-0.15, -0.1) is 24.0 Å². The largest absolute Gasteiger partial charge is 0.368 e. The summed E-state index contributed by atoms with van der Waals surface area (Å²) in [5.74, 6) is 1.05. The van der Waals surface area contributed by atoms with Crippen LogP contribution in [0, 0.1) is 0 Å². The molecule has 0 aromatic heterocycles. The predicted molar refractivity (Wildman–Crippen MR) is 141 cm³/mol. The Bertz CT molecular complexity index is 784. The number of hydrogen-bond donors (Lipinski definition) is 1. The van der Waals surface area contributed by atoms with Crippen molar-refractivity contribution >= 4 is 41.8 Å². The molecule has 0 aliphatic carbocycles. The van der Waals surface area contributed by atoms with Crippen LogP contribution in [0.15, 0.2) is 29.3 Å². The van der Waals surface area contributed by atoms with Crippen LogP contribution in [0.25, 0.3) is 0 Å². The Morgan fingerprint density at radius 2 is 1.70 bits per heavy atom. The molecule has 1 atom stereocenters. The number of aliphatic imine (C=N–C) groups is 1. The standard InChI is InChI=1S/C24H37N5O3.HI/c1-4-25-24(29-15-13-28(14-16-29)23(31)21-8-7-17-32-21)26-18-19-9-11-20(12-10-19)22(30)27(5-2)6-3;/h9-12,21H,4-8,13-18H2,1-3H3,(H,25,26);1H. The molecular formula is C24H38IN5O3. The van der Waals surface area contributed by atoms with E-state index in [0.717, 1.165) is 44.0 Å². The molecule has 184 valence electrons. The molecule has 0 bridgehead atoms. The van der Waals surface area contributed by atoms with Gasteiger partial charge in [-0.3, -0.25) is 9.59 Å². The van der Waals surface area contributed by atoms with Gasteiger partial charge in [0, 0.05) is 58.0 Å². The van der Waals surface area contributed by atoms with E-state index < -0.39 is 0 Å². The first-order chi connectivity index (χ1) is 15.6. The van der Waals surface area contributed by atoms with E-state index in [1.165, 1.54) is 0 Å². The monoisotopic (exact) mass is 571 g/mol. The Morgan fingerprint density at radius 1 is 1.06 bits per heavy atom. The van der Waals surface area contributed by atoms with Gasteiger partial charge in [-0.1, -0.05) is 12.1 Å². The zero-order valence-corrected chi connectivity index (χ0v) is 22.4. The van der Waals surface area contributed by atoms with Crippen LogP contribution in [0.3, 0.4) is 0 Å². The molecule has 0 saturated carbocycles. The van der Waals surface area contributed by atoms with E-state index in [-0.39, 0.29) is 41.9 Å². The highest BCUT2D eigenvalue weighted by atomic mass is 127. The lowest BCUT2D eigenvalue weighted by Crippen LogP contribution is -2.55. The fourth-order valence-corrected chi connectivity index (χ4v) is 4.15. The zero-order valence-electron chi connectivity index (χ0n) is 20.1. The third-order valence-electron chi connectivity index (χ3n) is 6.09. The second kappa shape index (κ2) is 13.7. The number of rotatable bonds is 7. The van der Waals surface area contributed by atoms with Crippen LogP contribution in [0.2, 0.25) is 0 Å². The van der Waals surface area contributed by atoms with Crippen LogP contribution in [-0.4, -0.2) is 91.0 Å². The fraction of sp³-hybridized carbons (Fsp3) is 0.625. The second-order valence-corrected chi connectivity index (χ2v) is 8.16. The van der Waals surface area contributed by atoms with Gasteiger partial charge in [-0.05, 0) is 51.3 Å². The Balaban J connectivity index is 0.00000385. The summed E-state index contributed by atoms with van der Waals surface area (Å²) in [6, 6.07) is 7.71. The van der Waals surface area contributed by atoms with Gasteiger partial charge in [0.25, 0.3) is 11.8 Å². The molecular weight excluding hydrogens is 533 g/mol. The van der Waals surface area contributed by atoms with Gasteiger partial charge in [0.1, 0.15) is 6.10 Å². The summed E-state index contributed by atoms with van der Waals surface area (Å²) in [6.07, 6.45) is 1.56. The molecule has 1 aromatic carbocycles. The number of carbonyl (C=O) groups is 2. The molecule has 9 heteroatoms. The van der Waals surface area contributed by atoms with Crippen molar-refractivity contribution in [3.63, 3.8) is 0 Å². The zero-order chi connectivity index (χ0) is 22.9. The van der Waals surface area contributed by atoms with Gasteiger partial charge in [-0.2, -0.15) is 0 Å². The normalized spacial score (nSPS) is 18.6. The first kappa shape index (κ1) is 27.4. The topological polar surface area (TPSA) is 77.5 Å². The van der Waals surface area contributed by atoms with Crippen LogP contribution in [-0.2, 0) is 16.1 Å². The van der Waals surface area contributed by atoms with Crippen molar-refractivity contribution in [2.24, 2.45) is 4.99 Å². The molecule has 1 aromatic rings. The van der Waals surface area contributed by atoms with E-state index in [9.17, 15) is 9.59 Å². The highest BCUT2D eigenvalue weighted by molar-refractivity contribution is 14.0. The van der Waals surface area contributed by atoms with Gasteiger partial charge >= 0.3 is 0 Å². The first-order valence-electron chi connectivity index (χ1n) is 11.9. The molecule has 2 heterocycles. The average Bonchev–Trinajstić information content (AvgIpc) is 3.37. The number of nitrogens with zero attached hydrogens (tertiary/aromatic N) is 4. The molecule has 3 rings (SSSR count). The summed E-state index contributed by atoms with van der Waals surface area (Å²) in [5.41, 5.74) is 1.77. The van der Waals surface area contributed by atoms with Crippen LogP contribution in [0.4, 0.5) is 0 Å². The summed E-state index contributed by atoms with van der Waals surface area (Å²) < 4.78 is 5.55. The Hall–Kier alpha value is -1.88. The minimum Gasteiger partial charge on any atom is -0.368 e. The maximum atomic E-state index is 12.6. The van der Waals surface area contributed by atoms with Gasteiger partial charge < -0.3 is 24.8 Å². The maximum Gasteiger partial charge on any atom is 0.253 e. The van der Waals surface area contributed by atoms with E-state index in [1.807, 2.05) is 47.9 Å². The minimum absolute atomic E-state index is 0. The lowest BCUT2D eigenvalue weighted by Gasteiger charge is -2.37. The molecule has 0 spiro atoms. The number of halogens is 1. The summed E-state index contributed by atoms with van der Waals surface area (Å²) >= 11 is 0. The molecule has 1 unspecified atom stereocenters. The minimum atomic E-state index is -0.250. The van der Waals surface area contributed by atoms with Crippen molar-refractivity contribution in [2.45, 2.75) is 46.3 Å². The van der Waals surface area contributed by atoms with E-state index in [2.05, 4.69) is 17.1 Å². The van der Waals surface area contributed by atoms with Gasteiger partial charge in [0.15, 0.2) is 5.96 Å². The van der Waals surface area contributed by atoms with E-state index >= 15 is 0 Å². The summed E-state index contributed by atoms with van der Waals surface area (Å²) in [5, 5.41) is 3.37. The molecule has 1 N–H and O–H groups in total. The lowest BCUT2D eigenvalue weighted by atomic mass is 10.1. The SMILES string of the molecule is CCNC(=NCc1ccc(C(=O)N(CC)CC)cc1)N1CCN(C(=O)C2CCCO2)CC1.I. The molecule has 2 saturated heterocycles. The Morgan fingerprint density at radius 3 is 2.24 bits per heavy atom. The average molecular weight is 572 g/mol. The highest BCUT2D eigenvalue weighted by Crippen LogP contribution is 2.16. The fourth-order valence-electron chi connectivity index (χ4n) is 4.15. The lowest BCUT2D eigenvalue weighted by molar-refractivity contribution is -0.142. The van der Waals surface area contributed by atoms with Crippen molar-refractivity contribution in [1.82, 2.24) is 20.0 Å². The number of amides is 2. The predicted octanol–water partition coefficient (Wildman–Crippen LogP) is 2.58. The molecule has 2 aliphatic heterocycles. The number of carbonyl (C=O) groups excluding carboxylic acids is 2. The molecule has 0 radical (unpaired) electrons. The van der Waals surface area contributed by atoms with Crippen molar-refractivity contribution in [2.75, 3.05) is 52.4 Å². The van der Waals surface area contributed by atoms with E-state index in [4.69, 9.17) is 9.73 Å². The van der Waals surface area contributed by atoms with E-state index in [0.29, 0.717) is 44.9 Å². The number of ether oxygens (including phenoxy) is 1. The summed E-state index contributed by atoms with van der Waals surface area (Å²) in [4.78, 5) is 35.8. The number of guanidine groups is 1. The number of nitrogens with one attached hydrogen (secondary N) is 1. The quantitative estimate of drug-likeness (QED) is 0.310. The summed E-state index contributed by atoms with van der Waals surface area (Å²) in [6.45, 7) is 12.3. The Kier molecular flexibility index (Phi) is 11.4. The van der Waals surface area contributed by atoms with Crippen LogP contribution in [0.5, 0.6) is 0 Å². The van der Waals surface area contributed by atoms with Crippen LogP contribution in [0.1, 0.15) is 49.5 Å². The van der Waals surface area contributed by atoms with Crippen LogP contribution >= 0.6 is 24.0 Å². The number of hydrogen-bond acceptors (Lipinski definition) is 4. The van der Waals surface area contributed by atoms with E-state index in [1.54, 1.807) is 0 Å². The summed E-state index contributed by atoms with van der Waals surface area (Å²) in [7, 11) is 0. The third kappa shape index (κ3) is 7.30. The van der Waals surface area contributed by atoms with Gasteiger partial charge in [0.05, 0.1) is 6.54 Å². The molecule has 2 fully saturated rings. The number of piperazine rings is 1. The molecule has 2 amide bonds. The van der Waals surface area contributed by atoms with Gasteiger partial charge in [-0.25, -0.2) is 4.99 Å². The molecule has 8 nitrogen and oxygen atoms in total. The van der Waals surface area contributed by atoms with Crippen molar-refractivity contribution < 1.29 is 14.3 Å². The van der Waals surface area contributed by atoms with Crippen LogP contribution < -0.4 is 5.32 Å². The van der Waals surface area contributed by atoms with Crippen molar-refractivity contribution in [3.05, 3.63) is 35.4 Å². The van der Waals surface area contributed by atoms with Crippen molar-refractivity contribution in [3.8, 4) is 0 Å². The third-order valence-corrected chi connectivity index (χ3v) is 6.09. The molecule has 33 heavy (non-hydrogen) atoms. The molecule has 2 aliphatic rings. The van der Waals surface area contributed by atoms with Gasteiger partial charge in [0.2, 0.25) is 0 Å². The Labute approximate surface area is 214 Å². The maximum absolute atomic E-state index is 12.6. The second-order valence-electron chi connectivity index (χ2n) is 8.16. The van der Waals surface area contributed by atoms with Crippen molar-refractivity contribution in [1.29, 1.82) is 0 Å².